The van der Waals surface area contributed by atoms with Crippen LogP contribution in [0, 0.1) is 0 Å². The van der Waals surface area contributed by atoms with Crippen molar-refractivity contribution >= 4 is 5.97 Å². The zero-order valence-electron chi connectivity index (χ0n) is 19.2. The Hall–Kier alpha value is -2.17. The van der Waals surface area contributed by atoms with Crippen LogP contribution >= 0.6 is 0 Å². The molecule has 0 aliphatic carbocycles. The highest BCUT2D eigenvalue weighted by Gasteiger charge is 2.34. The Bertz CT molecular complexity index is 819. The minimum absolute atomic E-state index is 0.0475. The first kappa shape index (κ1) is 24.1. The molecule has 0 bridgehead atoms. The summed E-state index contributed by atoms with van der Waals surface area (Å²) in [6, 6.07) is 16.9. The topological polar surface area (TPSA) is 60.8 Å². The molecule has 2 rings (SSSR count). The fourth-order valence-corrected chi connectivity index (χ4v) is 4.26. The van der Waals surface area contributed by atoms with E-state index in [-0.39, 0.29) is 12.5 Å². The van der Waals surface area contributed by atoms with E-state index < -0.39 is 11.4 Å². The van der Waals surface area contributed by atoms with Crippen molar-refractivity contribution < 1.29 is 15.0 Å². The van der Waals surface area contributed by atoms with Gasteiger partial charge in [0.2, 0.25) is 0 Å². The summed E-state index contributed by atoms with van der Waals surface area (Å²) >= 11 is 0. The van der Waals surface area contributed by atoms with E-state index in [1.54, 1.807) is 13.8 Å². The van der Waals surface area contributed by atoms with Gasteiger partial charge in [0.1, 0.15) is 0 Å². The van der Waals surface area contributed by atoms with Crippen molar-refractivity contribution in [1.29, 1.82) is 0 Å². The van der Waals surface area contributed by atoms with Gasteiger partial charge >= 0.3 is 5.97 Å². The molecule has 4 nitrogen and oxygen atoms in total. The molecule has 2 aromatic rings. The molecule has 0 saturated heterocycles. The summed E-state index contributed by atoms with van der Waals surface area (Å²) in [5.41, 5.74) is 2.75. The number of aliphatic carboxylic acids is 1. The largest absolute Gasteiger partial charge is 0.481 e. The van der Waals surface area contributed by atoms with Crippen molar-refractivity contribution in [3.8, 4) is 0 Å². The number of carboxylic acids is 1. The van der Waals surface area contributed by atoms with Crippen LogP contribution in [0.4, 0.5) is 0 Å². The molecule has 164 valence electrons. The second-order valence-electron chi connectivity index (χ2n) is 9.19. The van der Waals surface area contributed by atoms with Crippen molar-refractivity contribution in [3.63, 3.8) is 0 Å². The Morgan fingerprint density at radius 1 is 1.00 bits per heavy atom. The maximum atomic E-state index is 12.1. The van der Waals surface area contributed by atoms with Crippen molar-refractivity contribution in [2.24, 2.45) is 0 Å². The predicted octanol–water partition coefficient (Wildman–Crippen LogP) is 5.18. The molecule has 2 aromatic carbocycles. The van der Waals surface area contributed by atoms with Crippen LogP contribution in [0.3, 0.4) is 0 Å². The number of carboxylic acid groups (broad SMARTS) is 1. The Morgan fingerprint density at radius 3 is 2.10 bits per heavy atom. The van der Waals surface area contributed by atoms with E-state index in [2.05, 4.69) is 44.7 Å². The van der Waals surface area contributed by atoms with Crippen molar-refractivity contribution in [2.45, 2.75) is 78.0 Å². The van der Waals surface area contributed by atoms with Crippen LogP contribution < -0.4 is 0 Å². The van der Waals surface area contributed by atoms with Crippen LogP contribution in [0.15, 0.2) is 48.5 Å². The fraction of sp³-hybridized carbons (Fsp3) is 0.500. The predicted molar refractivity (Wildman–Crippen MR) is 123 cm³/mol. The van der Waals surface area contributed by atoms with Gasteiger partial charge in [-0.1, -0.05) is 48.5 Å². The molecule has 0 heterocycles. The van der Waals surface area contributed by atoms with Crippen LogP contribution in [-0.4, -0.2) is 39.7 Å². The van der Waals surface area contributed by atoms with E-state index in [0.29, 0.717) is 12.1 Å². The third-order valence-electron chi connectivity index (χ3n) is 6.09. The highest BCUT2D eigenvalue weighted by atomic mass is 16.4. The average Bonchev–Trinajstić information content (AvgIpc) is 2.70. The highest BCUT2D eigenvalue weighted by Crippen LogP contribution is 2.37. The number of hydrogen-bond acceptors (Lipinski definition) is 3. The molecule has 30 heavy (non-hydrogen) atoms. The molecule has 0 amide bonds. The first-order valence-corrected chi connectivity index (χ1v) is 10.9. The van der Waals surface area contributed by atoms with Crippen LogP contribution in [0.2, 0.25) is 0 Å². The molecule has 1 unspecified atom stereocenters. The summed E-state index contributed by atoms with van der Waals surface area (Å²) in [6.45, 7) is 13.2. The number of benzene rings is 2. The first-order chi connectivity index (χ1) is 14.1. The molecular weight excluding hydrogens is 374 g/mol. The van der Waals surface area contributed by atoms with Gasteiger partial charge in [0.25, 0.3) is 0 Å². The van der Waals surface area contributed by atoms with E-state index >= 15 is 0 Å². The van der Waals surface area contributed by atoms with Gasteiger partial charge in [-0.05, 0) is 76.8 Å². The molecule has 0 aromatic heterocycles. The maximum absolute atomic E-state index is 12.1. The zero-order valence-corrected chi connectivity index (χ0v) is 19.2. The number of carbonyl (C=O) groups is 1. The third-order valence-corrected chi connectivity index (χ3v) is 6.09. The van der Waals surface area contributed by atoms with E-state index in [1.807, 2.05) is 36.4 Å². The van der Waals surface area contributed by atoms with Gasteiger partial charge in [-0.2, -0.15) is 0 Å². The second-order valence-corrected chi connectivity index (χ2v) is 9.19. The lowest BCUT2D eigenvalue weighted by molar-refractivity contribution is -0.142. The third kappa shape index (κ3) is 5.50. The summed E-state index contributed by atoms with van der Waals surface area (Å²) in [7, 11) is 0. The van der Waals surface area contributed by atoms with Gasteiger partial charge in [-0.25, -0.2) is 0 Å². The molecule has 0 aliphatic rings. The van der Waals surface area contributed by atoms with E-state index in [9.17, 15) is 15.0 Å². The Kier molecular flexibility index (Phi) is 8.22. The van der Waals surface area contributed by atoms with Crippen LogP contribution in [-0.2, 0) is 16.8 Å². The van der Waals surface area contributed by atoms with Gasteiger partial charge < -0.3 is 10.2 Å². The Labute approximate surface area is 181 Å². The molecule has 1 atom stereocenters. The average molecular weight is 412 g/mol. The van der Waals surface area contributed by atoms with Gasteiger partial charge in [-0.15, -0.1) is 0 Å². The van der Waals surface area contributed by atoms with Crippen molar-refractivity contribution in [1.82, 2.24) is 4.90 Å². The number of aliphatic hydroxyl groups excluding tert-OH is 1. The van der Waals surface area contributed by atoms with Crippen molar-refractivity contribution in [3.05, 3.63) is 70.8 Å². The van der Waals surface area contributed by atoms with E-state index in [4.69, 9.17) is 0 Å². The van der Waals surface area contributed by atoms with Gasteiger partial charge in [0.15, 0.2) is 0 Å². The lowest BCUT2D eigenvalue weighted by Crippen LogP contribution is -2.38. The summed E-state index contributed by atoms with van der Waals surface area (Å²) < 4.78 is 0. The number of nitrogens with zero attached hydrogens (tertiary/aromatic N) is 1. The quantitative estimate of drug-likeness (QED) is 0.565. The fourth-order valence-electron chi connectivity index (χ4n) is 4.26. The van der Waals surface area contributed by atoms with Crippen molar-refractivity contribution in [2.75, 3.05) is 6.54 Å². The van der Waals surface area contributed by atoms with E-state index in [0.717, 1.165) is 29.7 Å². The highest BCUT2D eigenvalue weighted by molar-refractivity contribution is 5.81. The summed E-state index contributed by atoms with van der Waals surface area (Å²) in [5, 5.41) is 19.7. The molecule has 0 aliphatic heterocycles. The minimum atomic E-state index is -1.02. The molecule has 4 heteroatoms. The smallest absolute Gasteiger partial charge is 0.313 e. The van der Waals surface area contributed by atoms with Crippen LogP contribution in [0.5, 0.6) is 0 Å². The lowest BCUT2D eigenvalue weighted by atomic mass is 9.75. The summed E-state index contributed by atoms with van der Waals surface area (Å²) in [4.78, 5) is 14.5. The van der Waals surface area contributed by atoms with Crippen LogP contribution in [0.1, 0.15) is 76.1 Å². The Balaban J connectivity index is 2.59. The number of rotatable bonds is 10. The monoisotopic (exact) mass is 411 g/mol. The molecule has 0 fully saturated rings. The lowest BCUT2D eigenvalue weighted by Gasteiger charge is -2.33. The standard InChI is InChI=1S/C26H37NO3/c1-18(2)27(19(3)4)15-14-22(21-10-8-7-9-11-21)23-16-20(17-28)12-13-24(23)26(5,6)25(29)30/h7-13,16,18-19,22,28H,14-15,17H2,1-6H3,(H,29,30). The molecular formula is C26H37NO3. The molecule has 0 spiro atoms. The molecule has 0 radical (unpaired) electrons. The van der Waals surface area contributed by atoms with Crippen LogP contribution in [0.25, 0.3) is 0 Å². The van der Waals surface area contributed by atoms with Gasteiger partial charge in [0, 0.05) is 18.0 Å². The maximum Gasteiger partial charge on any atom is 0.313 e. The molecule has 2 N–H and O–H groups in total. The first-order valence-electron chi connectivity index (χ1n) is 10.9. The Morgan fingerprint density at radius 2 is 1.60 bits per heavy atom. The van der Waals surface area contributed by atoms with E-state index in [1.165, 1.54) is 5.56 Å². The van der Waals surface area contributed by atoms with Gasteiger partial charge in [0.05, 0.1) is 12.0 Å². The molecule has 0 saturated carbocycles. The van der Waals surface area contributed by atoms with Gasteiger partial charge in [-0.3, -0.25) is 9.69 Å². The second kappa shape index (κ2) is 10.2. The number of aliphatic hydroxyl groups is 1. The summed E-state index contributed by atoms with van der Waals surface area (Å²) in [5.74, 6) is -0.801. The normalized spacial score (nSPS) is 13.3. The minimum Gasteiger partial charge on any atom is -0.481 e. The summed E-state index contributed by atoms with van der Waals surface area (Å²) in [6.07, 6.45) is 0.873. The zero-order chi connectivity index (χ0) is 22.5. The SMILES string of the molecule is CC(C)N(CCC(c1ccccc1)c1cc(CO)ccc1C(C)(C)C(=O)O)C(C)C. The number of hydrogen-bond donors (Lipinski definition) is 2.